The normalized spacial score (nSPS) is 26.1. The van der Waals surface area contributed by atoms with E-state index in [1.807, 2.05) is 23.1 Å². The Kier molecular flexibility index (Phi) is 6.27. The first-order valence-corrected chi connectivity index (χ1v) is 9.48. The van der Waals surface area contributed by atoms with E-state index in [1.165, 1.54) is 12.0 Å². The Labute approximate surface area is 145 Å². The summed E-state index contributed by atoms with van der Waals surface area (Å²) in [6.07, 6.45) is 6.65. The van der Waals surface area contributed by atoms with Gasteiger partial charge in [-0.15, -0.1) is 0 Å². The summed E-state index contributed by atoms with van der Waals surface area (Å²) in [5.41, 5.74) is 1.23. The summed E-state index contributed by atoms with van der Waals surface area (Å²) in [4.78, 5) is 17.0. The van der Waals surface area contributed by atoms with Gasteiger partial charge >= 0.3 is 0 Å². The molecule has 132 valence electrons. The number of rotatable bonds is 4. The number of hydrogen-bond donors (Lipinski definition) is 1. The molecule has 24 heavy (non-hydrogen) atoms. The van der Waals surface area contributed by atoms with Crippen LogP contribution in [0.2, 0.25) is 0 Å². The molecule has 1 aliphatic heterocycles. The van der Waals surface area contributed by atoms with Gasteiger partial charge in [-0.2, -0.15) is 0 Å². The Balaban J connectivity index is 1.48. The molecule has 0 radical (unpaired) electrons. The number of amides is 1. The molecule has 1 saturated heterocycles. The number of aliphatic hydroxyl groups is 1. The molecule has 4 nitrogen and oxygen atoms in total. The van der Waals surface area contributed by atoms with Crippen molar-refractivity contribution in [2.24, 2.45) is 0 Å². The first-order valence-electron chi connectivity index (χ1n) is 9.48. The number of aliphatic hydroxyl groups excluding tert-OH is 1. The van der Waals surface area contributed by atoms with Crippen LogP contribution in [-0.4, -0.2) is 59.1 Å². The minimum absolute atomic E-state index is 0.181. The zero-order chi connectivity index (χ0) is 16.8. The van der Waals surface area contributed by atoms with E-state index in [-0.39, 0.29) is 12.0 Å². The first-order chi connectivity index (χ1) is 11.7. The second kappa shape index (κ2) is 8.63. The second-order valence-corrected chi connectivity index (χ2v) is 7.18. The maximum absolute atomic E-state index is 12.5. The van der Waals surface area contributed by atoms with Crippen LogP contribution in [0.4, 0.5) is 0 Å². The Morgan fingerprint density at radius 3 is 2.58 bits per heavy atom. The lowest BCUT2D eigenvalue weighted by Crippen LogP contribution is -2.47. The van der Waals surface area contributed by atoms with Crippen molar-refractivity contribution in [3.63, 3.8) is 0 Å². The topological polar surface area (TPSA) is 43.8 Å². The Morgan fingerprint density at radius 2 is 1.79 bits per heavy atom. The maximum atomic E-state index is 12.5. The smallest absolute Gasteiger partial charge is 0.222 e. The van der Waals surface area contributed by atoms with Crippen molar-refractivity contribution in [3.8, 4) is 0 Å². The third-order valence-electron chi connectivity index (χ3n) is 5.52. The van der Waals surface area contributed by atoms with Crippen LogP contribution in [0.25, 0.3) is 0 Å². The summed E-state index contributed by atoms with van der Waals surface area (Å²) in [6.45, 7) is 3.56. The molecule has 1 aliphatic carbocycles. The fourth-order valence-electron chi connectivity index (χ4n) is 4.09. The summed E-state index contributed by atoms with van der Waals surface area (Å²) in [6, 6.07) is 10.5. The Bertz CT molecular complexity index is 520. The van der Waals surface area contributed by atoms with Gasteiger partial charge in [-0.3, -0.25) is 9.69 Å². The van der Waals surface area contributed by atoms with Crippen LogP contribution in [-0.2, 0) is 11.2 Å². The molecule has 1 saturated carbocycles. The van der Waals surface area contributed by atoms with Gasteiger partial charge in [0.25, 0.3) is 0 Å². The zero-order valence-corrected chi connectivity index (χ0v) is 14.6. The van der Waals surface area contributed by atoms with Gasteiger partial charge in [0, 0.05) is 38.6 Å². The molecule has 1 heterocycles. The predicted molar refractivity (Wildman–Crippen MR) is 95.8 cm³/mol. The van der Waals surface area contributed by atoms with Gasteiger partial charge < -0.3 is 10.0 Å². The van der Waals surface area contributed by atoms with Gasteiger partial charge in [-0.25, -0.2) is 0 Å². The van der Waals surface area contributed by atoms with E-state index in [0.717, 1.165) is 58.3 Å². The largest absolute Gasteiger partial charge is 0.391 e. The zero-order valence-electron chi connectivity index (χ0n) is 14.6. The van der Waals surface area contributed by atoms with Crippen LogP contribution in [0, 0.1) is 0 Å². The van der Waals surface area contributed by atoms with Crippen molar-refractivity contribution in [1.29, 1.82) is 0 Å². The van der Waals surface area contributed by atoms with Gasteiger partial charge in [-0.05, 0) is 31.2 Å². The molecule has 1 aromatic rings. The highest BCUT2D eigenvalue weighted by Crippen LogP contribution is 2.24. The Morgan fingerprint density at radius 1 is 1.00 bits per heavy atom. The van der Waals surface area contributed by atoms with Crippen molar-refractivity contribution in [1.82, 2.24) is 9.80 Å². The monoisotopic (exact) mass is 330 g/mol. The third-order valence-corrected chi connectivity index (χ3v) is 5.52. The number of benzene rings is 1. The molecular formula is C20H30N2O2. The van der Waals surface area contributed by atoms with E-state index in [1.54, 1.807) is 0 Å². The van der Waals surface area contributed by atoms with Gasteiger partial charge in [0.15, 0.2) is 0 Å². The number of hydrogen-bond acceptors (Lipinski definition) is 3. The molecule has 0 aromatic heterocycles. The van der Waals surface area contributed by atoms with Crippen LogP contribution >= 0.6 is 0 Å². The van der Waals surface area contributed by atoms with E-state index >= 15 is 0 Å². The summed E-state index contributed by atoms with van der Waals surface area (Å²) in [7, 11) is 0. The lowest BCUT2D eigenvalue weighted by atomic mass is 9.91. The fraction of sp³-hybridized carbons (Fsp3) is 0.650. The molecule has 2 aliphatic rings. The molecule has 2 atom stereocenters. The van der Waals surface area contributed by atoms with E-state index in [2.05, 4.69) is 17.0 Å². The number of aryl methyl sites for hydroxylation is 1. The number of nitrogens with zero attached hydrogens (tertiary/aromatic N) is 2. The minimum Gasteiger partial charge on any atom is -0.391 e. The summed E-state index contributed by atoms with van der Waals surface area (Å²) in [5, 5.41) is 10.3. The van der Waals surface area contributed by atoms with Crippen molar-refractivity contribution >= 4 is 5.91 Å². The average Bonchev–Trinajstić information content (AvgIpc) is 2.87. The molecule has 0 bridgehead atoms. The number of carbonyl (C=O) groups is 1. The quantitative estimate of drug-likeness (QED) is 0.922. The SMILES string of the molecule is O=C(CCc1ccccc1)N1CCCN(C2CCCCC2O)CC1. The highest BCUT2D eigenvalue weighted by Gasteiger charge is 2.30. The van der Waals surface area contributed by atoms with Gasteiger partial charge in [0.2, 0.25) is 5.91 Å². The van der Waals surface area contributed by atoms with E-state index in [0.29, 0.717) is 12.5 Å². The van der Waals surface area contributed by atoms with E-state index in [9.17, 15) is 9.90 Å². The molecular weight excluding hydrogens is 300 g/mol. The summed E-state index contributed by atoms with van der Waals surface area (Å²) < 4.78 is 0. The molecule has 1 amide bonds. The second-order valence-electron chi connectivity index (χ2n) is 7.18. The predicted octanol–water partition coefficient (Wildman–Crippen LogP) is 2.46. The highest BCUT2D eigenvalue weighted by atomic mass is 16.3. The third kappa shape index (κ3) is 4.58. The Hall–Kier alpha value is -1.39. The summed E-state index contributed by atoms with van der Waals surface area (Å²) >= 11 is 0. The van der Waals surface area contributed by atoms with Crippen LogP contribution < -0.4 is 0 Å². The van der Waals surface area contributed by atoms with Crippen molar-refractivity contribution < 1.29 is 9.90 Å². The molecule has 2 fully saturated rings. The standard InChI is InChI=1S/C20H30N2O2/c23-19-10-5-4-9-18(19)21-13-6-14-22(16-15-21)20(24)12-11-17-7-2-1-3-8-17/h1-3,7-8,18-19,23H,4-6,9-16H2. The van der Waals surface area contributed by atoms with Gasteiger partial charge in [-0.1, -0.05) is 43.2 Å². The molecule has 4 heteroatoms. The molecule has 0 spiro atoms. The molecule has 1 aromatic carbocycles. The van der Waals surface area contributed by atoms with Gasteiger partial charge in [0.1, 0.15) is 0 Å². The van der Waals surface area contributed by atoms with Crippen molar-refractivity contribution in [2.45, 2.75) is 57.1 Å². The van der Waals surface area contributed by atoms with Crippen LogP contribution in [0.5, 0.6) is 0 Å². The van der Waals surface area contributed by atoms with Gasteiger partial charge in [0.05, 0.1) is 6.10 Å². The maximum Gasteiger partial charge on any atom is 0.222 e. The van der Waals surface area contributed by atoms with Crippen molar-refractivity contribution in [3.05, 3.63) is 35.9 Å². The number of carbonyl (C=O) groups excluding carboxylic acids is 1. The molecule has 2 unspecified atom stereocenters. The van der Waals surface area contributed by atoms with Crippen LogP contribution in [0.15, 0.2) is 30.3 Å². The minimum atomic E-state index is -0.181. The first kappa shape index (κ1) is 17.4. The molecule has 1 N–H and O–H groups in total. The van der Waals surface area contributed by atoms with E-state index < -0.39 is 0 Å². The van der Waals surface area contributed by atoms with Crippen LogP contribution in [0.3, 0.4) is 0 Å². The summed E-state index contributed by atoms with van der Waals surface area (Å²) in [5.74, 6) is 0.268. The fourth-order valence-corrected chi connectivity index (χ4v) is 4.09. The molecule has 3 rings (SSSR count). The van der Waals surface area contributed by atoms with E-state index in [4.69, 9.17) is 0 Å². The van der Waals surface area contributed by atoms with Crippen molar-refractivity contribution in [2.75, 3.05) is 26.2 Å². The van der Waals surface area contributed by atoms with Crippen LogP contribution in [0.1, 0.15) is 44.1 Å². The lowest BCUT2D eigenvalue weighted by Gasteiger charge is -2.37. The average molecular weight is 330 g/mol. The lowest BCUT2D eigenvalue weighted by molar-refractivity contribution is -0.131. The highest BCUT2D eigenvalue weighted by molar-refractivity contribution is 5.76.